The Bertz CT molecular complexity index is 1180. The monoisotopic (exact) mass is 488 g/mol. The van der Waals surface area contributed by atoms with Gasteiger partial charge in [0.1, 0.15) is 4.90 Å². The Hall–Kier alpha value is -3.04. The maximum Gasteiger partial charge on any atom is 0.289 e. The molecule has 3 rings (SSSR count). The number of halogens is 1. The van der Waals surface area contributed by atoms with Crippen LogP contribution in [0.25, 0.3) is 0 Å². The molecule has 0 saturated carbocycles. The molecule has 0 heterocycles. The van der Waals surface area contributed by atoms with Crippen molar-refractivity contribution in [2.75, 3.05) is 6.54 Å². The van der Waals surface area contributed by atoms with Crippen LogP contribution in [0.5, 0.6) is 0 Å². The summed E-state index contributed by atoms with van der Waals surface area (Å²) in [6.45, 7) is 0.343. The molecule has 1 amide bonds. The third-order valence-corrected chi connectivity index (χ3v) is 6.72. The van der Waals surface area contributed by atoms with Crippen LogP contribution in [0.15, 0.2) is 87.1 Å². The lowest BCUT2D eigenvalue weighted by Gasteiger charge is -2.09. The topological polar surface area (TPSA) is 106 Å². The molecule has 0 aliphatic heterocycles. The predicted octanol–water partition coefficient (Wildman–Crippen LogP) is 4.16. The summed E-state index contributed by atoms with van der Waals surface area (Å²) in [5, 5.41) is 14.2. The first-order valence-electron chi connectivity index (χ1n) is 8.90. The molecule has 0 bridgehead atoms. The zero-order valence-corrected chi connectivity index (χ0v) is 18.0. The molecule has 154 valence electrons. The lowest BCUT2D eigenvalue weighted by atomic mass is 10.1. The van der Waals surface area contributed by atoms with Crippen LogP contribution in [-0.4, -0.2) is 25.8 Å². The highest BCUT2D eigenvalue weighted by Gasteiger charge is 2.28. The molecule has 30 heavy (non-hydrogen) atoms. The molecule has 0 radical (unpaired) electrons. The molecule has 7 nitrogen and oxygen atoms in total. The molecule has 0 atom stereocenters. The number of nitro benzene ring substituents is 1. The number of hydrogen-bond acceptors (Lipinski definition) is 5. The number of sulfone groups is 1. The van der Waals surface area contributed by atoms with Gasteiger partial charge in [0.15, 0.2) is 0 Å². The lowest BCUT2D eigenvalue weighted by molar-refractivity contribution is -0.387. The summed E-state index contributed by atoms with van der Waals surface area (Å²) in [6.07, 6.45) is 0.602. The van der Waals surface area contributed by atoms with E-state index in [1.807, 2.05) is 30.3 Å². The molecule has 0 spiro atoms. The van der Waals surface area contributed by atoms with Gasteiger partial charge in [-0.15, -0.1) is 0 Å². The number of carbonyl (C=O) groups is 1. The second-order valence-corrected chi connectivity index (χ2v) is 9.22. The van der Waals surface area contributed by atoms with E-state index in [4.69, 9.17) is 0 Å². The van der Waals surface area contributed by atoms with Crippen LogP contribution in [0.2, 0.25) is 0 Å². The van der Waals surface area contributed by atoms with Gasteiger partial charge in [0.05, 0.1) is 9.82 Å². The highest BCUT2D eigenvalue weighted by molar-refractivity contribution is 9.10. The Morgan fingerprint density at radius 2 is 1.67 bits per heavy atom. The van der Waals surface area contributed by atoms with Crippen molar-refractivity contribution in [2.24, 2.45) is 0 Å². The normalized spacial score (nSPS) is 11.1. The Morgan fingerprint density at radius 1 is 1.00 bits per heavy atom. The maximum absolute atomic E-state index is 12.9. The molecule has 0 saturated heterocycles. The van der Waals surface area contributed by atoms with E-state index in [-0.39, 0.29) is 10.5 Å². The van der Waals surface area contributed by atoms with Crippen LogP contribution < -0.4 is 5.32 Å². The van der Waals surface area contributed by atoms with E-state index >= 15 is 0 Å². The molecule has 9 heteroatoms. The standard InChI is InChI=1S/C21H17BrN2O5S/c22-17-7-9-18(10-8-17)30(28,29)20-11-6-16(14-19(20)24(26)27)21(25)23-13-12-15-4-2-1-3-5-15/h1-11,14H,12-13H2,(H,23,25). The molecule has 0 aliphatic carbocycles. The van der Waals surface area contributed by atoms with Gasteiger partial charge in [0.25, 0.3) is 11.6 Å². The number of nitrogens with one attached hydrogen (secondary N) is 1. The Balaban J connectivity index is 1.83. The summed E-state index contributed by atoms with van der Waals surface area (Å²) >= 11 is 3.22. The van der Waals surface area contributed by atoms with E-state index in [1.165, 1.54) is 30.3 Å². The van der Waals surface area contributed by atoms with Gasteiger partial charge < -0.3 is 5.32 Å². The first-order valence-corrected chi connectivity index (χ1v) is 11.2. The Kier molecular flexibility index (Phi) is 6.63. The Labute approximate surface area is 181 Å². The fraction of sp³-hybridized carbons (Fsp3) is 0.0952. The molecular formula is C21H17BrN2O5S. The van der Waals surface area contributed by atoms with Crippen LogP contribution in [0.4, 0.5) is 5.69 Å². The molecule has 3 aromatic carbocycles. The minimum absolute atomic E-state index is 0.0181. The molecular weight excluding hydrogens is 472 g/mol. The Morgan fingerprint density at radius 3 is 2.30 bits per heavy atom. The quantitative estimate of drug-likeness (QED) is 0.396. The van der Waals surface area contributed by atoms with Gasteiger partial charge in [-0.1, -0.05) is 46.3 Å². The van der Waals surface area contributed by atoms with Gasteiger partial charge in [-0.25, -0.2) is 8.42 Å². The summed E-state index contributed by atoms with van der Waals surface area (Å²) in [6, 6.07) is 18.7. The molecule has 3 aromatic rings. The van der Waals surface area contributed by atoms with Crippen molar-refractivity contribution in [2.45, 2.75) is 16.2 Å². The molecule has 0 aliphatic rings. The number of hydrogen-bond donors (Lipinski definition) is 1. The van der Waals surface area contributed by atoms with Gasteiger partial charge in [0, 0.05) is 22.6 Å². The SMILES string of the molecule is O=C(NCCc1ccccc1)c1ccc(S(=O)(=O)c2ccc(Br)cc2)c([N+](=O)[O-])c1. The zero-order chi connectivity index (χ0) is 21.7. The molecule has 0 unspecified atom stereocenters. The van der Waals surface area contributed by atoms with E-state index in [1.54, 1.807) is 0 Å². The maximum atomic E-state index is 12.9. The van der Waals surface area contributed by atoms with E-state index < -0.39 is 31.3 Å². The molecule has 0 fully saturated rings. The van der Waals surface area contributed by atoms with E-state index in [9.17, 15) is 23.3 Å². The van der Waals surface area contributed by atoms with Crippen LogP contribution in [0, 0.1) is 10.1 Å². The number of amides is 1. The number of rotatable bonds is 7. The van der Waals surface area contributed by atoms with Crippen molar-refractivity contribution in [3.8, 4) is 0 Å². The van der Waals surface area contributed by atoms with Gasteiger partial charge in [-0.3, -0.25) is 14.9 Å². The second-order valence-electron chi connectivity index (χ2n) is 6.39. The summed E-state index contributed by atoms with van der Waals surface area (Å²) in [5.74, 6) is -0.512. The molecule has 0 aromatic heterocycles. The number of benzene rings is 3. The third kappa shape index (κ3) is 4.92. The smallest absolute Gasteiger partial charge is 0.289 e. The van der Waals surface area contributed by atoms with E-state index in [0.29, 0.717) is 17.4 Å². The lowest BCUT2D eigenvalue weighted by Crippen LogP contribution is -2.25. The average Bonchev–Trinajstić information content (AvgIpc) is 2.74. The number of nitro groups is 1. The number of nitrogens with zero attached hydrogens (tertiary/aromatic N) is 1. The van der Waals surface area contributed by atoms with Crippen LogP contribution >= 0.6 is 15.9 Å². The van der Waals surface area contributed by atoms with E-state index in [0.717, 1.165) is 17.7 Å². The highest BCUT2D eigenvalue weighted by Crippen LogP contribution is 2.30. The van der Waals surface area contributed by atoms with Crippen LogP contribution in [0.1, 0.15) is 15.9 Å². The minimum Gasteiger partial charge on any atom is -0.352 e. The third-order valence-electron chi connectivity index (χ3n) is 4.37. The van der Waals surface area contributed by atoms with E-state index in [2.05, 4.69) is 21.2 Å². The van der Waals surface area contributed by atoms with Crippen molar-refractivity contribution in [3.63, 3.8) is 0 Å². The summed E-state index contributed by atoms with van der Waals surface area (Å²) in [4.78, 5) is 22.6. The van der Waals surface area contributed by atoms with Crippen LogP contribution in [-0.2, 0) is 16.3 Å². The zero-order valence-electron chi connectivity index (χ0n) is 15.6. The van der Waals surface area contributed by atoms with Crippen molar-refractivity contribution in [3.05, 3.63) is 98.5 Å². The molecule has 1 N–H and O–H groups in total. The summed E-state index contributed by atoms with van der Waals surface area (Å²) < 4.78 is 26.4. The van der Waals surface area contributed by atoms with Gasteiger partial charge in [-0.2, -0.15) is 0 Å². The first kappa shape index (κ1) is 21.7. The summed E-state index contributed by atoms with van der Waals surface area (Å²) in [7, 11) is -4.12. The van der Waals surface area contributed by atoms with Gasteiger partial charge in [0.2, 0.25) is 9.84 Å². The van der Waals surface area contributed by atoms with Crippen molar-refractivity contribution in [1.82, 2.24) is 5.32 Å². The van der Waals surface area contributed by atoms with Gasteiger partial charge >= 0.3 is 0 Å². The fourth-order valence-electron chi connectivity index (χ4n) is 2.84. The highest BCUT2D eigenvalue weighted by atomic mass is 79.9. The largest absolute Gasteiger partial charge is 0.352 e. The number of carbonyl (C=O) groups excluding carboxylic acids is 1. The second kappa shape index (κ2) is 9.19. The predicted molar refractivity (Wildman–Crippen MR) is 115 cm³/mol. The average molecular weight is 489 g/mol. The summed E-state index contributed by atoms with van der Waals surface area (Å²) in [5.41, 5.74) is 0.415. The minimum atomic E-state index is -4.12. The van der Waals surface area contributed by atoms with Crippen LogP contribution in [0.3, 0.4) is 0 Å². The van der Waals surface area contributed by atoms with Gasteiger partial charge in [-0.05, 0) is 48.4 Å². The van der Waals surface area contributed by atoms with Crippen molar-refractivity contribution < 1.29 is 18.1 Å². The van der Waals surface area contributed by atoms with Crippen molar-refractivity contribution >= 4 is 37.4 Å². The first-order chi connectivity index (χ1) is 14.3. The van der Waals surface area contributed by atoms with Crippen molar-refractivity contribution in [1.29, 1.82) is 0 Å². The fourth-order valence-corrected chi connectivity index (χ4v) is 4.50.